The van der Waals surface area contributed by atoms with Crippen LogP contribution in [0.4, 0.5) is 11.4 Å². The van der Waals surface area contributed by atoms with Crippen molar-refractivity contribution in [2.45, 2.75) is 48.5 Å². The summed E-state index contributed by atoms with van der Waals surface area (Å²) in [5.41, 5.74) is 10.9. The molecule has 0 saturated carbocycles. The Labute approximate surface area is 201 Å². The number of pyridine rings is 1. The molecule has 0 bridgehead atoms. The number of hydrogen-bond acceptors (Lipinski definition) is 3. The third kappa shape index (κ3) is 5.92. The van der Waals surface area contributed by atoms with E-state index in [0.717, 1.165) is 45.3 Å². The van der Waals surface area contributed by atoms with Crippen molar-refractivity contribution in [3.05, 3.63) is 86.7 Å². The van der Waals surface area contributed by atoms with Crippen molar-refractivity contribution >= 4 is 34.4 Å². The van der Waals surface area contributed by atoms with E-state index in [2.05, 4.69) is 39.0 Å². The van der Waals surface area contributed by atoms with Crippen LogP contribution in [0.1, 0.15) is 53.1 Å². The van der Waals surface area contributed by atoms with Gasteiger partial charge < -0.3 is 0 Å². The summed E-state index contributed by atoms with van der Waals surface area (Å²) in [5, 5.41) is 0.658. The van der Waals surface area contributed by atoms with Crippen LogP contribution in [-0.4, -0.2) is 16.4 Å². The zero-order valence-electron chi connectivity index (χ0n) is 19.1. The molecular weight excluding hydrogens is 446 g/mol. The Morgan fingerprint density at radius 2 is 1.13 bits per heavy atom. The Balaban J connectivity index is 0.00000341. The molecule has 1 heterocycles. The molecule has 3 nitrogen and oxygen atoms in total. The van der Waals surface area contributed by atoms with Gasteiger partial charge in [-0.25, -0.2) is 9.98 Å². The van der Waals surface area contributed by atoms with Gasteiger partial charge in [0.05, 0.1) is 39.2 Å². The van der Waals surface area contributed by atoms with Crippen LogP contribution in [0, 0.1) is 34.6 Å². The quantitative estimate of drug-likeness (QED) is 0.284. The minimum absolute atomic E-state index is 0. The van der Waals surface area contributed by atoms with Crippen molar-refractivity contribution in [1.82, 2.24) is 4.98 Å². The van der Waals surface area contributed by atoms with Gasteiger partial charge in [0.25, 0.3) is 0 Å². The second kappa shape index (κ2) is 10.4. The van der Waals surface area contributed by atoms with Gasteiger partial charge in [0, 0.05) is 17.1 Å². The van der Waals surface area contributed by atoms with Gasteiger partial charge in [-0.05, 0) is 88.9 Å². The number of aliphatic imine (C=N–C) groups is 2. The fourth-order valence-electron chi connectivity index (χ4n) is 3.69. The Morgan fingerprint density at radius 3 is 1.61 bits per heavy atom. The van der Waals surface area contributed by atoms with Gasteiger partial charge in [-0.2, -0.15) is 0 Å². The summed E-state index contributed by atoms with van der Waals surface area (Å²) >= 11 is 6.43. The molecule has 3 aromatic rings. The number of halogens is 1. The number of hydrogen-bond donors (Lipinski definition) is 0. The van der Waals surface area contributed by atoms with E-state index in [0.29, 0.717) is 5.02 Å². The van der Waals surface area contributed by atoms with Gasteiger partial charge in [0.15, 0.2) is 0 Å². The first kappa shape index (κ1) is 25.0. The molecule has 0 atom stereocenters. The number of aryl methyl sites for hydroxylation is 5. The summed E-state index contributed by atoms with van der Waals surface area (Å²) in [6, 6.07) is 14.3. The normalized spacial score (nSPS) is 12.0. The maximum atomic E-state index is 6.43. The molecule has 2 aromatic carbocycles. The average Bonchev–Trinajstić information content (AvgIpc) is 2.67. The molecule has 0 saturated heterocycles. The van der Waals surface area contributed by atoms with Crippen molar-refractivity contribution in [3.63, 3.8) is 0 Å². The van der Waals surface area contributed by atoms with E-state index in [9.17, 15) is 0 Å². The topological polar surface area (TPSA) is 37.6 Å². The smallest absolute Gasteiger partial charge is 0.0849 e. The van der Waals surface area contributed by atoms with Gasteiger partial charge in [0.2, 0.25) is 0 Å². The number of benzene rings is 2. The van der Waals surface area contributed by atoms with Gasteiger partial charge in [0.1, 0.15) is 0 Å². The first-order valence-corrected chi connectivity index (χ1v) is 10.5. The van der Waals surface area contributed by atoms with Crippen LogP contribution in [0.15, 0.2) is 52.4 Å². The third-order valence-electron chi connectivity index (χ3n) is 5.08. The molecule has 0 N–H and O–H groups in total. The second-order valence-corrected chi connectivity index (χ2v) is 8.37. The fourth-order valence-corrected chi connectivity index (χ4v) is 4.05. The Morgan fingerprint density at radius 1 is 0.710 bits per heavy atom. The first-order valence-electron chi connectivity index (χ1n) is 10.1. The summed E-state index contributed by atoms with van der Waals surface area (Å²) in [7, 11) is 0. The molecule has 0 spiro atoms. The van der Waals surface area contributed by atoms with Crippen LogP contribution in [0.5, 0.6) is 0 Å². The van der Waals surface area contributed by atoms with Crippen LogP contribution in [-0.2, 0) is 17.1 Å². The van der Waals surface area contributed by atoms with Gasteiger partial charge in [-0.15, -0.1) is 0 Å². The van der Waals surface area contributed by atoms with E-state index in [1.54, 1.807) is 0 Å². The number of nitrogens with zero attached hydrogens (tertiary/aromatic N) is 3. The van der Waals surface area contributed by atoms with E-state index in [1.807, 2.05) is 52.0 Å². The minimum Gasteiger partial charge on any atom is -0.251 e. The molecule has 0 amide bonds. The van der Waals surface area contributed by atoms with Crippen LogP contribution in [0.2, 0.25) is 5.02 Å². The number of aromatic nitrogens is 1. The molecule has 0 aliphatic heterocycles. The van der Waals surface area contributed by atoms with Crippen LogP contribution in [0.25, 0.3) is 0 Å². The molecule has 0 radical (unpaired) electrons. The number of rotatable bonds is 4. The second-order valence-electron chi connectivity index (χ2n) is 7.96. The van der Waals surface area contributed by atoms with Crippen molar-refractivity contribution < 1.29 is 17.1 Å². The van der Waals surface area contributed by atoms with Crippen molar-refractivity contribution in [2.75, 3.05) is 0 Å². The third-order valence-corrected chi connectivity index (χ3v) is 5.37. The van der Waals surface area contributed by atoms with Crippen LogP contribution >= 0.6 is 11.6 Å². The van der Waals surface area contributed by atoms with Crippen molar-refractivity contribution in [2.24, 2.45) is 9.98 Å². The Kier molecular flexibility index (Phi) is 8.36. The van der Waals surface area contributed by atoms with Crippen LogP contribution in [0.3, 0.4) is 0 Å². The fraction of sp³-hybridized carbons (Fsp3) is 0.269. The molecule has 0 unspecified atom stereocenters. The summed E-state index contributed by atoms with van der Waals surface area (Å²) in [4.78, 5) is 14.5. The Hall–Kier alpha value is -2.26. The predicted octanol–water partition coefficient (Wildman–Crippen LogP) is 7.56. The van der Waals surface area contributed by atoms with Gasteiger partial charge in [-0.1, -0.05) is 41.4 Å². The van der Waals surface area contributed by atoms with Gasteiger partial charge >= 0.3 is 0 Å². The summed E-state index contributed by atoms with van der Waals surface area (Å²) < 4.78 is 0. The standard InChI is InChI=1S/C26H28ClN3.Fe/c1-15-11-17(3)25(18(4)12-15)28-20(6)23-9-8-10-24(30-23)21(7)29-26-19(5)13-16(2)14-22(26)27;/h8-14H,1-7H3;/b28-20+,29-21+;. The van der Waals surface area contributed by atoms with Gasteiger partial charge in [-0.3, -0.25) is 4.99 Å². The molecule has 0 aliphatic rings. The minimum atomic E-state index is 0. The van der Waals surface area contributed by atoms with E-state index in [4.69, 9.17) is 26.6 Å². The molecule has 5 heteroatoms. The molecule has 1 aromatic heterocycles. The van der Waals surface area contributed by atoms with E-state index >= 15 is 0 Å². The maximum Gasteiger partial charge on any atom is 0.0849 e. The summed E-state index contributed by atoms with van der Waals surface area (Å²) in [6.45, 7) is 14.3. The van der Waals surface area contributed by atoms with E-state index < -0.39 is 0 Å². The summed E-state index contributed by atoms with van der Waals surface area (Å²) in [5.74, 6) is 0. The molecule has 0 aliphatic carbocycles. The molecule has 0 fully saturated rings. The van der Waals surface area contributed by atoms with E-state index in [1.165, 1.54) is 16.7 Å². The molecule has 3 rings (SSSR count). The predicted molar refractivity (Wildman–Crippen MR) is 130 cm³/mol. The van der Waals surface area contributed by atoms with Crippen molar-refractivity contribution in [3.8, 4) is 0 Å². The molecule has 31 heavy (non-hydrogen) atoms. The first-order chi connectivity index (χ1) is 14.2. The molecular formula is C26H28ClFeN3. The van der Waals surface area contributed by atoms with E-state index in [-0.39, 0.29) is 17.1 Å². The zero-order valence-corrected chi connectivity index (χ0v) is 21.0. The monoisotopic (exact) mass is 473 g/mol. The van der Waals surface area contributed by atoms with Crippen molar-refractivity contribution in [1.29, 1.82) is 0 Å². The molecule has 162 valence electrons. The largest absolute Gasteiger partial charge is 0.251 e. The zero-order chi connectivity index (χ0) is 22.0. The van der Waals surface area contributed by atoms with Crippen LogP contribution < -0.4 is 0 Å². The summed E-state index contributed by atoms with van der Waals surface area (Å²) in [6.07, 6.45) is 0. The SMILES string of the molecule is C/C(=N\c1c(C)cc(C)cc1C)c1cccc(/C(C)=N/c2c(C)cc(C)cc2Cl)n1.[Fe]. The average molecular weight is 474 g/mol. The Bertz CT molecular complexity index is 1040. The maximum absolute atomic E-state index is 6.43.